The highest BCUT2D eigenvalue weighted by Gasteiger charge is 2.32. The number of anilines is 2. The molecule has 1 saturated heterocycles. The summed E-state index contributed by atoms with van der Waals surface area (Å²) in [5, 5.41) is 0.567. The van der Waals surface area contributed by atoms with Crippen LogP contribution in [0.4, 0.5) is 16.3 Å². The van der Waals surface area contributed by atoms with Gasteiger partial charge in [0.15, 0.2) is 0 Å². The van der Waals surface area contributed by atoms with Gasteiger partial charge in [0, 0.05) is 41.1 Å². The van der Waals surface area contributed by atoms with Gasteiger partial charge >= 0.3 is 6.03 Å². The molecular weight excluding hydrogens is 340 g/mol. The lowest BCUT2D eigenvalue weighted by Crippen LogP contribution is -2.32. The SMILES string of the molecule is CC.Cc1c(Cl)ccnc1N1CCN(c2cccc(C(N)=O)c2)C1=O. The molecule has 0 aliphatic carbocycles. The number of carbonyl (C=O) groups excluding carboxylic acids is 2. The molecule has 0 radical (unpaired) electrons. The fourth-order valence-electron chi connectivity index (χ4n) is 2.57. The van der Waals surface area contributed by atoms with E-state index in [-0.39, 0.29) is 6.03 Å². The topological polar surface area (TPSA) is 79.5 Å². The van der Waals surface area contributed by atoms with E-state index in [9.17, 15) is 9.59 Å². The first-order chi connectivity index (χ1) is 12.0. The summed E-state index contributed by atoms with van der Waals surface area (Å²) in [7, 11) is 0. The van der Waals surface area contributed by atoms with E-state index in [1.807, 2.05) is 20.8 Å². The third-order valence-corrected chi connectivity index (χ3v) is 4.23. The van der Waals surface area contributed by atoms with Crippen molar-refractivity contribution in [3.05, 3.63) is 52.7 Å². The summed E-state index contributed by atoms with van der Waals surface area (Å²) in [5.74, 6) is 0.0266. The number of halogens is 1. The Bertz CT molecular complexity index is 794. The van der Waals surface area contributed by atoms with Gasteiger partial charge in [-0.3, -0.25) is 14.6 Å². The molecule has 0 spiro atoms. The molecular formula is C18H21ClN4O2. The summed E-state index contributed by atoms with van der Waals surface area (Å²) in [6.45, 7) is 6.82. The lowest BCUT2D eigenvalue weighted by molar-refractivity contribution is 0.1000. The number of amides is 3. The van der Waals surface area contributed by atoms with Crippen molar-refractivity contribution in [1.29, 1.82) is 0 Å². The molecule has 25 heavy (non-hydrogen) atoms. The molecule has 1 aromatic heterocycles. The van der Waals surface area contributed by atoms with Crippen LogP contribution in [-0.4, -0.2) is 30.0 Å². The molecule has 0 unspecified atom stereocenters. The predicted octanol–water partition coefficient (Wildman–Crippen LogP) is 3.62. The van der Waals surface area contributed by atoms with Gasteiger partial charge in [0.1, 0.15) is 5.82 Å². The summed E-state index contributed by atoms with van der Waals surface area (Å²) in [6, 6.07) is 8.19. The predicted molar refractivity (Wildman–Crippen MR) is 100 cm³/mol. The van der Waals surface area contributed by atoms with Gasteiger partial charge in [-0.25, -0.2) is 9.78 Å². The van der Waals surface area contributed by atoms with E-state index in [1.165, 1.54) is 0 Å². The number of primary amides is 1. The number of carbonyl (C=O) groups is 2. The largest absolute Gasteiger partial charge is 0.366 e. The first-order valence-electron chi connectivity index (χ1n) is 8.09. The normalized spacial score (nSPS) is 13.5. The van der Waals surface area contributed by atoms with Gasteiger partial charge in [-0.2, -0.15) is 0 Å². The number of rotatable bonds is 3. The van der Waals surface area contributed by atoms with Crippen LogP contribution >= 0.6 is 11.6 Å². The van der Waals surface area contributed by atoms with Gasteiger partial charge in [-0.1, -0.05) is 31.5 Å². The number of aromatic nitrogens is 1. The average molecular weight is 361 g/mol. The summed E-state index contributed by atoms with van der Waals surface area (Å²) in [6.07, 6.45) is 1.58. The molecule has 0 atom stereocenters. The fraction of sp³-hybridized carbons (Fsp3) is 0.278. The lowest BCUT2D eigenvalue weighted by Gasteiger charge is -2.20. The molecule has 1 fully saturated rings. The molecule has 1 aliphatic rings. The number of nitrogens with zero attached hydrogens (tertiary/aromatic N) is 3. The van der Waals surface area contributed by atoms with E-state index in [0.717, 1.165) is 5.56 Å². The number of hydrogen-bond donors (Lipinski definition) is 1. The van der Waals surface area contributed by atoms with Crippen molar-refractivity contribution in [2.24, 2.45) is 5.73 Å². The van der Waals surface area contributed by atoms with Crippen molar-refractivity contribution in [2.75, 3.05) is 22.9 Å². The maximum Gasteiger partial charge on any atom is 0.330 e. The van der Waals surface area contributed by atoms with Crippen LogP contribution in [-0.2, 0) is 0 Å². The molecule has 132 valence electrons. The van der Waals surface area contributed by atoms with Gasteiger partial charge in [0.2, 0.25) is 5.91 Å². The molecule has 6 nitrogen and oxygen atoms in total. The van der Waals surface area contributed by atoms with E-state index in [4.69, 9.17) is 17.3 Å². The molecule has 7 heteroatoms. The van der Waals surface area contributed by atoms with Gasteiger partial charge in [-0.15, -0.1) is 0 Å². The summed E-state index contributed by atoms with van der Waals surface area (Å²) in [4.78, 5) is 31.4. The standard InChI is InChI=1S/C16H15ClN4O2.C2H6/c1-10-13(17)5-6-19-15(10)21-8-7-20(16(21)23)12-4-2-3-11(9-12)14(18)22;1-2/h2-6,9H,7-8H2,1H3,(H2,18,22);1-2H3. The number of urea groups is 1. The Morgan fingerprint density at radius 2 is 1.88 bits per heavy atom. The Hall–Kier alpha value is -2.60. The fourth-order valence-corrected chi connectivity index (χ4v) is 2.72. The van der Waals surface area contributed by atoms with Crippen LogP contribution in [0.2, 0.25) is 5.02 Å². The molecule has 2 N–H and O–H groups in total. The molecule has 2 heterocycles. The quantitative estimate of drug-likeness (QED) is 0.907. The minimum atomic E-state index is -0.525. The van der Waals surface area contributed by atoms with Crippen LogP contribution in [0.5, 0.6) is 0 Å². The van der Waals surface area contributed by atoms with Gasteiger partial charge < -0.3 is 5.73 Å². The molecule has 1 aliphatic heterocycles. The third-order valence-electron chi connectivity index (χ3n) is 3.82. The van der Waals surface area contributed by atoms with Crippen LogP contribution in [0.1, 0.15) is 29.8 Å². The maximum atomic E-state index is 12.7. The molecule has 2 aromatic rings. The van der Waals surface area contributed by atoms with Gasteiger partial charge in [0.25, 0.3) is 0 Å². The summed E-state index contributed by atoms with van der Waals surface area (Å²) < 4.78 is 0. The smallest absolute Gasteiger partial charge is 0.330 e. The van der Waals surface area contributed by atoms with Crippen LogP contribution in [0.3, 0.4) is 0 Å². The van der Waals surface area contributed by atoms with Crippen molar-refractivity contribution in [3.63, 3.8) is 0 Å². The highest BCUT2D eigenvalue weighted by molar-refractivity contribution is 6.31. The van der Waals surface area contributed by atoms with Crippen molar-refractivity contribution in [2.45, 2.75) is 20.8 Å². The van der Waals surface area contributed by atoms with Gasteiger partial charge in [-0.05, 0) is 31.2 Å². The van der Waals surface area contributed by atoms with Crippen LogP contribution < -0.4 is 15.5 Å². The lowest BCUT2D eigenvalue weighted by atomic mass is 10.2. The van der Waals surface area contributed by atoms with Crippen LogP contribution in [0.25, 0.3) is 0 Å². The minimum absolute atomic E-state index is 0.204. The molecule has 0 bridgehead atoms. The van der Waals surface area contributed by atoms with E-state index in [2.05, 4.69) is 4.98 Å². The monoisotopic (exact) mass is 360 g/mol. The Labute approximate surface area is 152 Å². The van der Waals surface area contributed by atoms with Crippen LogP contribution in [0.15, 0.2) is 36.5 Å². The Kier molecular flexibility index (Phi) is 5.98. The van der Waals surface area contributed by atoms with E-state index >= 15 is 0 Å². The number of hydrogen-bond acceptors (Lipinski definition) is 3. The summed E-state index contributed by atoms with van der Waals surface area (Å²) >= 11 is 6.11. The summed E-state index contributed by atoms with van der Waals surface area (Å²) in [5.41, 5.74) is 7.05. The van der Waals surface area contributed by atoms with Crippen LogP contribution in [0, 0.1) is 6.92 Å². The van der Waals surface area contributed by atoms with E-state index in [0.29, 0.717) is 35.2 Å². The van der Waals surface area contributed by atoms with Crippen molar-refractivity contribution < 1.29 is 9.59 Å². The second-order valence-corrected chi connectivity index (χ2v) is 5.65. The second kappa shape index (κ2) is 7.98. The third kappa shape index (κ3) is 3.74. The molecule has 3 rings (SSSR count). The minimum Gasteiger partial charge on any atom is -0.366 e. The molecule has 3 amide bonds. The average Bonchev–Trinajstić information content (AvgIpc) is 3.00. The zero-order chi connectivity index (χ0) is 18.6. The van der Waals surface area contributed by atoms with Gasteiger partial charge in [0.05, 0.1) is 0 Å². The molecule has 1 aromatic carbocycles. The highest BCUT2D eigenvalue weighted by Crippen LogP contribution is 2.29. The highest BCUT2D eigenvalue weighted by atomic mass is 35.5. The second-order valence-electron chi connectivity index (χ2n) is 5.24. The Balaban J connectivity index is 0.00000109. The zero-order valence-electron chi connectivity index (χ0n) is 14.5. The first-order valence-corrected chi connectivity index (χ1v) is 8.47. The van der Waals surface area contributed by atoms with Crippen molar-refractivity contribution in [3.8, 4) is 0 Å². The zero-order valence-corrected chi connectivity index (χ0v) is 15.2. The number of nitrogens with two attached hydrogens (primary N) is 1. The Morgan fingerprint density at radius 3 is 2.56 bits per heavy atom. The maximum absolute atomic E-state index is 12.7. The number of benzene rings is 1. The molecule has 0 saturated carbocycles. The van der Waals surface area contributed by atoms with E-state index < -0.39 is 5.91 Å². The van der Waals surface area contributed by atoms with E-state index in [1.54, 1.807) is 46.3 Å². The number of pyridine rings is 1. The Morgan fingerprint density at radius 1 is 1.20 bits per heavy atom. The van der Waals surface area contributed by atoms with Crippen molar-refractivity contribution >= 4 is 35.0 Å². The first kappa shape index (κ1) is 18.7. The van der Waals surface area contributed by atoms with Crippen molar-refractivity contribution in [1.82, 2.24) is 4.98 Å².